The third kappa shape index (κ3) is 5.84. The van der Waals surface area contributed by atoms with Gasteiger partial charge in [0.1, 0.15) is 12.4 Å². The smallest absolute Gasteiger partial charge is 0.416 e. The largest absolute Gasteiger partial charge is 0.488 e. The van der Waals surface area contributed by atoms with Crippen molar-refractivity contribution in [3.05, 3.63) is 140 Å². The van der Waals surface area contributed by atoms with Gasteiger partial charge in [-0.15, -0.1) is 0 Å². The summed E-state index contributed by atoms with van der Waals surface area (Å²) in [7, 11) is 0. The highest BCUT2D eigenvalue weighted by Crippen LogP contribution is 2.33. The highest BCUT2D eigenvalue weighted by molar-refractivity contribution is 6.35. The summed E-state index contributed by atoms with van der Waals surface area (Å²) in [6.45, 7) is 0.127. The van der Waals surface area contributed by atoms with E-state index < -0.39 is 17.3 Å². The van der Waals surface area contributed by atoms with Crippen molar-refractivity contribution >= 4 is 51.1 Å². The van der Waals surface area contributed by atoms with Crippen LogP contribution >= 0.6 is 23.2 Å². The molecule has 0 saturated heterocycles. The first-order chi connectivity index (χ1) is 20.7. The zero-order valence-electron chi connectivity index (χ0n) is 22.1. The minimum Gasteiger partial charge on any atom is -0.488 e. The number of rotatable bonds is 6. The summed E-state index contributed by atoms with van der Waals surface area (Å²) in [5.74, 6) is 0.414. The Bertz CT molecular complexity index is 2090. The molecule has 0 atom stereocenters. The quantitative estimate of drug-likeness (QED) is 0.175. The number of hydrogen-bond acceptors (Lipinski definition) is 4. The Balaban J connectivity index is 1.50. The van der Waals surface area contributed by atoms with Gasteiger partial charge in [-0.2, -0.15) is 22.9 Å². The average Bonchev–Trinajstić information content (AvgIpc) is 3.00. The standard InChI is InChI=1S/C33H20Cl2F3N3O2/c34-24-14-12-22(28(35)17-24)19-43-30-15-13-20-6-1-2-9-25(20)27(30)18-39-41-31(21-7-5-8-23(16-21)33(36,37)38)40-29-11-4-3-10-26(29)32(41)42/h1-18H,19H2. The van der Waals surface area contributed by atoms with Gasteiger partial charge >= 0.3 is 6.18 Å². The van der Waals surface area contributed by atoms with E-state index in [-0.39, 0.29) is 23.4 Å². The molecule has 0 aliphatic carbocycles. The van der Waals surface area contributed by atoms with Crippen LogP contribution in [0.4, 0.5) is 13.2 Å². The van der Waals surface area contributed by atoms with Gasteiger partial charge in [0.25, 0.3) is 5.56 Å². The van der Waals surface area contributed by atoms with Crippen molar-refractivity contribution in [2.24, 2.45) is 5.10 Å². The van der Waals surface area contributed by atoms with Gasteiger partial charge in [-0.25, -0.2) is 4.98 Å². The van der Waals surface area contributed by atoms with Crippen LogP contribution in [0.5, 0.6) is 5.75 Å². The van der Waals surface area contributed by atoms with Gasteiger partial charge in [-0.3, -0.25) is 4.79 Å². The third-order valence-corrected chi connectivity index (χ3v) is 7.42. The molecular formula is C33H20Cl2F3N3O2. The van der Waals surface area contributed by atoms with E-state index in [4.69, 9.17) is 27.9 Å². The number of nitrogens with zero attached hydrogens (tertiary/aromatic N) is 3. The topological polar surface area (TPSA) is 56.5 Å². The zero-order valence-corrected chi connectivity index (χ0v) is 23.7. The Kier molecular flexibility index (Phi) is 7.64. The first-order valence-electron chi connectivity index (χ1n) is 13.0. The van der Waals surface area contributed by atoms with Gasteiger partial charge in [0.05, 0.1) is 22.7 Å². The molecule has 43 heavy (non-hydrogen) atoms. The second-order valence-corrected chi connectivity index (χ2v) is 10.5. The SMILES string of the molecule is O=c1c2ccccc2nc(-c2cccc(C(F)(F)F)c2)n1N=Cc1c(OCc2ccc(Cl)cc2Cl)ccc2ccccc12. The Morgan fingerprint density at radius 3 is 2.42 bits per heavy atom. The summed E-state index contributed by atoms with van der Waals surface area (Å²) in [4.78, 5) is 18.2. The van der Waals surface area contributed by atoms with Crippen LogP contribution in [0.25, 0.3) is 33.1 Å². The van der Waals surface area contributed by atoms with Crippen LogP contribution < -0.4 is 10.3 Å². The van der Waals surface area contributed by atoms with E-state index in [0.717, 1.165) is 27.6 Å². The van der Waals surface area contributed by atoms with Crippen LogP contribution in [0.1, 0.15) is 16.7 Å². The van der Waals surface area contributed by atoms with Crippen molar-refractivity contribution in [3.8, 4) is 17.1 Å². The highest BCUT2D eigenvalue weighted by Gasteiger charge is 2.31. The number of hydrogen-bond donors (Lipinski definition) is 0. The molecule has 0 fully saturated rings. The van der Waals surface area contributed by atoms with Crippen LogP contribution in [0.15, 0.2) is 113 Å². The van der Waals surface area contributed by atoms with E-state index in [0.29, 0.717) is 32.4 Å². The molecule has 0 N–H and O–H groups in total. The van der Waals surface area contributed by atoms with E-state index in [1.807, 2.05) is 30.3 Å². The Hall–Kier alpha value is -4.66. The van der Waals surface area contributed by atoms with Gasteiger partial charge in [0, 0.05) is 26.7 Å². The highest BCUT2D eigenvalue weighted by atomic mass is 35.5. The van der Waals surface area contributed by atoms with E-state index in [1.165, 1.54) is 18.3 Å². The predicted octanol–water partition coefficient (Wildman–Crippen LogP) is 9.00. The minimum absolute atomic E-state index is 0.0401. The van der Waals surface area contributed by atoms with Crippen LogP contribution in [0, 0.1) is 0 Å². The minimum atomic E-state index is -4.58. The van der Waals surface area contributed by atoms with E-state index >= 15 is 0 Å². The molecule has 5 aromatic carbocycles. The number of alkyl halides is 3. The van der Waals surface area contributed by atoms with Crippen molar-refractivity contribution in [2.75, 3.05) is 0 Å². The maximum atomic E-state index is 13.7. The Morgan fingerprint density at radius 1 is 0.860 bits per heavy atom. The van der Waals surface area contributed by atoms with Gasteiger partial charge in [-0.1, -0.05) is 83.9 Å². The molecule has 0 bridgehead atoms. The molecule has 0 aliphatic heterocycles. The molecule has 5 nitrogen and oxygen atoms in total. The molecular weight excluding hydrogens is 598 g/mol. The van der Waals surface area contributed by atoms with Crippen LogP contribution in [-0.4, -0.2) is 15.9 Å². The fourth-order valence-corrected chi connectivity index (χ4v) is 5.16. The fourth-order valence-electron chi connectivity index (χ4n) is 4.70. The summed E-state index contributed by atoms with van der Waals surface area (Å²) in [6.07, 6.45) is -3.13. The van der Waals surface area contributed by atoms with Gasteiger partial charge in [0.15, 0.2) is 5.82 Å². The lowest BCUT2D eigenvalue weighted by atomic mass is 10.0. The fraction of sp³-hybridized carbons (Fsp3) is 0.0606. The molecule has 0 spiro atoms. The van der Waals surface area contributed by atoms with E-state index in [2.05, 4.69) is 10.1 Å². The lowest BCUT2D eigenvalue weighted by molar-refractivity contribution is -0.137. The summed E-state index contributed by atoms with van der Waals surface area (Å²) < 4.78 is 47.9. The second kappa shape index (κ2) is 11.6. The molecule has 214 valence electrons. The van der Waals surface area contributed by atoms with Gasteiger partial charge in [0.2, 0.25) is 0 Å². The van der Waals surface area contributed by atoms with Crippen LogP contribution in [0.2, 0.25) is 10.0 Å². The molecule has 0 aliphatic rings. The van der Waals surface area contributed by atoms with E-state index in [1.54, 1.807) is 48.5 Å². The van der Waals surface area contributed by atoms with Crippen LogP contribution in [-0.2, 0) is 12.8 Å². The predicted molar refractivity (Wildman–Crippen MR) is 164 cm³/mol. The molecule has 1 heterocycles. The number of ether oxygens (including phenoxy) is 1. The number of para-hydroxylation sites is 1. The van der Waals surface area contributed by atoms with Crippen molar-refractivity contribution in [3.63, 3.8) is 0 Å². The average molecular weight is 618 g/mol. The molecule has 6 rings (SSSR count). The number of fused-ring (bicyclic) bond motifs is 2. The number of aromatic nitrogens is 2. The maximum absolute atomic E-state index is 13.7. The monoisotopic (exact) mass is 617 g/mol. The van der Waals surface area contributed by atoms with Gasteiger partial charge < -0.3 is 4.74 Å². The summed E-state index contributed by atoms with van der Waals surface area (Å²) in [6, 6.07) is 27.6. The molecule has 1 aromatic heterocycles. The summed E-state index contributed by atoms with van der Waals surface area (Å²) in [5.41, 5.74) is 0.280. The molecule has 0 saturated carbocycles. The molecule has 0 unspecified atom stereocenters. The Labute approximate surface area is 253 Å². The lowest BCUT2D eigenvalue weighted by Gasteiger charge is -2.14. The molecule has 0 amide bonds. The van der Waals surface area contributed by atoms with Crippen molar-refractivity contribution < 1.29 is 17.9 Å². The second-order valence-electron chi connectivity index (χ2n) is 9.62. The van der Waals surface area contributed by atoms with E-state index in [9.17, 15) is 18.0 Å². The van der Waals surface area contributed by atoms with Crippen molar-refractivity contribution in [1.82, 2.24) is 9.66 Å². The molecule has 10 heteroatoms. The maximum Gasteiger partial charge on any atom is 0.416 e. The van der Waals surface area contributed by atoms with Crippen LogP contribution in [0.3, 0.4) is 0 Å². The lowest BCUT2D eigenvalue weighted by Crippen LogP contribution is -2.20. The summed E-state index contributed by atoms with van der Waals surface area (Å²) >= 11 is 12.4. The third-order valence-electron chi connectivity index (χ3n) is 6.83. The first kappa shape index (κ1) is 28.5. The zero-order chi connectivity index (χ0) is 30.1. The van der Waals surface area contributed by atoms with Crippen molar-refractivity contribution in [2.45, 2.75) is 12.8 Å². The normalized spacial score (nSPS) is 11.9. The number of halogens is 5. The molecule has 0 radical (unpaired) electrons. The number of benzene rings is 5. The summed E-state index contributed by atoms with van der Waals surface area (Å²) in [5, 5.41) is 7.39. The first-order valence-corrected chi connectivity index (χ1v) is 13.8. The van der Waals surface area contributed by atoms with Gasteiger partial charge in [-0.05, 0) is 53.2 Å². The molecule has 6 aromatic rings. The van der Waals surface area contributed by atoms with Crippen molar-refractivity contribution in [1.29, 1.82) is 0 Å². The Morgan fingerprint density at radius 2 is 1.63 bits per heavy atom.